The Hall–Kier alpha value is -1.58. The minimum Gasteiger partial charge on any atom is -0.382 e. The van der Waals surface area contributed by atoms with Crippen LogP contribution in [0, 0.1) is 33.8 Å². The Morgan fingerprint density at radius 1 is 1.33 bits per heavy atom. The normalized spacial score (nSPS) is 33.1. The van der Waals surface area contributed by atoms with Gasteiger partial charge in [-0.15, -0.1) is 0 Å². The molecule has 2 bridgehead atoms. The van der Waals surface area contributed by atoms with Crippen molar-refractivity contribution < 1.29 is 4.92 Å². The summed E-state index contributed by atoms with van der Waals surface area (Å²) in [5.74, 6) is 0.764. The molecular formula is C17H24N2O2. The van der Waals surface area contributed by atoms with Crippen molar-refractivity contribution in [2.75, 3.05) is 5.32 Å². The molecule has 2 saturated carbocycles. The number of aryl methyl sites for hydroxylation is 1. The fourth-order valence-electron chi connectivity index (χ4n) is 4.52. The zero-order valence-corrected chi connectivity index (χ0v) is 13.3. The topological polar surface area (TPSA) is 55.2 Å². The molecule has 0 saturated heterocycles. The molecule has 4 nitrogen and oxygen atoms in total. The lowest BCUT2D eigenvalue weighted by atomic mass is 9.69. The minimum atomic E-state index is -0.299. The Bertz CT molecular complexity index is 596. The Kier molecular flexibility index (Phi) is 3.05. The molecule has 2 aliphatic carbocycles. The van der Waals surface area contributed by atoms with Gasteiger partial charge in [-0.1, -0.05) is 26.8 Å². The van der Waals surface area contributed by atoms with Gasteiger partial charge < -0.3 is 5.32 Å². The summed E-state index contributed by atoms with van der Waals surface area (Å²) < 4.78 is 0. The van der Waals surface area contributed by atoms with Crippen LogP contribution in [-0.4, -0.2) is 11.0 Å². The molecule has 0 radical (unpaired) electrons. The van der Waals surface area contributed by atoms with Crippen molar-refractivity contribution >= 4 is 11.4 Å². The van der Waals surface area contributed by atoms with Crippen molar-refractivity contribution in [1.29, 1.82) is 0 Å². The van der Waals surface area contributed by atoms with E-state index in [9.17, 15) is 10.1 Å². The first-order valence-electron chi connectivity index (χ1n) is 7.77. The molecule has 3 unspecified atom stereocenters. The number of benzene rings is 1. The van der Waals surface area contributed by atoms with E-state index in [0.29, 0.717) is 17.0 Å². The van der Waals surface area contributed by atoms with Gasteiger partial charge in [-0.25, -0.2) is 0 Å². The Morgan fingerprint density at radius 3 is 2.57 bits per heavy atom. The summed E-state index contributed by atoms with van der Waals surface area (Å²) >= 11 is 0. The quantitative estimate of drug-likeness (QED) is 0.656. The third-order valence-electron chi connectivity index (χ3n) is 6.54. The van der Waals surface area contributed by atoms with E-state index in [2.05, 4.69) is 26.1 Å². The lowest BCUT2D eigenvalue weighted by Gasteiger charge is -2.39. The SMILES string of the molecule is Cc1ccc(NC2CC3CCC2(C)C3(C)C)cc1[N+](=O)[O-]. The molecule has 0 heterocycles. The van der Waals surface area contributed by atoms with Crippen LogP contribution in [0.4, 0.5) is 11.4 Å². The zero-order chi connectivity index (χ0) is 15.4. The van der Waals surface area contributed by atoms with E-state index in [-0.39, 0.29) is 16.0 Å². The maximum Gasteiger partial charge on any atom is 0.274 e. The number of rotatable bonds is 3. The zero-order valence-electron chi connectivity index (χ0n) is 13.3. The highest BCUT2D eigenvalue weighted by Crippen LogP contribution is 2.65. The van der Waals surface area contributed by atoms with E-state index in [4.69, 9.17) is 0 Å². The van der Waals surface area contributed by atoms with Crippen LogP contribution in [0.25, 0.3) is 0 Å². The van der Waals surface area contributed by atoms with Crippen LogP contribution >= 0.6 is 0 Å². The van der Waals surface area contributed by atoms with E-state index in [1.807, 2.05) is 12.1 Å². The van der Waals surface area contributed by atoms with Gasteiger partial charge in [0.25, 0.3) is 5.69 Å². The number of anilines is 1. The predicted octanol–water partition coefficient (Wildman–Crippen LogP) is 4.53. The lowest BCUT2D eigenvalue weighted by Crippen LogP contribution is -2.40. The number of hydrogen-bond acceptors (Lipinski definition) is 3. The lowest BCUT2D eigenvalue weighted by molar-refractivity contribution is -0.385. The van der Waals surface area contributed by atoms with Gasteiger partial charge in [0.2, 0.25) is 0 Å². The molecule has 1 aromatic carbocycles. The van der Waals surface area contributed by atoms with Gasteiger partial charge in [-0.2, -0.15) is 0 Å². The molecule has 114 valence electrons. The van der Waals surface area contributed by atoms with Crippen LogP contribution in [0.5, 0.6) is 0 Å². The third kappa shape index (κ3) is 1.95. The van der Waals surface area contributed by atoms with Crippen LogP contribution in [0.3, 0.4) is 0 Å². The summed E-state index contributed by atoms with van der Waals surface area (Å²) in [6.07, 6.45) is 3.73. The molecule has 0 aromatic heterocycles. The summed E-state index contributed by atoms with van der Waals surface area (Å²) in [4.78, 5) is 10.8. The average molecular weight is 288 g/mol. The molecule has 1 N–H and O–H groups in total. The van der Waals surface area contributed by atoms with Crippen molar-refractivity contribution in [2.45, 2.75) is 53.0 Å². The molecule has 2 fully saturated rings. The highest BCUT2D eigenvalue weighted by atomic mass is 16.6. The van der Waals surface area contributed by atoms with E-state index >= 15 is 0 Å². The molecule has 3 atom stereocenters. The predicted molar refractivity (Wildman–Crippen MR) is 84.5 cm³/mol. The maximum atomic E-state index is 11.1. The second-order valence-corrected chi connectivity index (χ2v) is 7.57. The summed E-state index contributed by atoms with van der Waals surface area (Å²) in [6, 6.07) is 5.89. The molecule has 1 aromatic rings. The fraction of sp³-hybridized carbons (Fsp3) is 0.647. The number of nitrogens with one attached hydrogen (secondary N) is 1. The summed E-state index contributed by atoms with van der Waals surface area (Å²) in [7, 11) is 0. The van der Waals surface area contributed by atoms with Gasteiger partial charge in [0.1, 0.15) is 0 Å². The molecular weight excluding hydrogens is 264 g/mol. The first-order valence-corrected chi connectivity index (χ1v) is 7.77. The van der Waals surface area contributed by atoms with Crippen LogP contribution in [0.2, 0.25) is 0 Å². The highest BCUT2D eigenvalue weighted by molar-refractivity contribution is 5.55. The largest absolute Gasteiger partial charge is 0.382 e. The summed E-state index contributed by atoms with van der Waals surface area (Å²) in [6.45, 7) is 8.91. The van der Waals surface area contributed by atoms with Gasteiger partial charge in [0.05, 0.1) is 4.92 Å². The number of nitro benzene ring substituents is 1. The van der Waals surface area contributed by atoms with Crippen LogP contribution in [0.15, 0.2) is 18.2 Å². The van der Waals surface area contributed by atoms with Crippen LogP contribution in [0.1, 0.15) is 45.6 Å². The van der Waals surface area contributed by atoms with E-state index in [1.165, 1.54) is 19.3 Å². The maximum absolute atomic E-state index is 11.1. The number of fused-ring (bicyclic) bond motifs is 2. The standard InChI is InChI=1S/C17H24N2O2/c1-11-5-6-13(10-14(11)19(20)21)18-15-9-12-7-8-17(15,4)16(12,2)3/h5-6,10,12,15,18H,7-9H2,1-4H3. The highest BCUT2D eigenvalue weighted by Gasteiger charge is 2.61. The van der Waals surface area contributed by atoms with Crippen molar-refractivity contribution in [3.63, 3.8) is 0 Å². The smallest absolute Gasteiger partial charge is 0.274 e. The van der Waals surface area contributed by atoms with Crippen molar-refractivity contribution in [2.24, 2.45) is 16.7 Å². The van der Waals surface area contributed by atoms with Gasteiger partial charge in [-0.3, -0.25) is 10.1 Å². The Labute approximate surface area is 126 Å². The van der Waals surface area contributed by atoms with Crippen LogP contribution < -0.4 is 5.32 Å². The van der Waals surface area contributed by atoms with Crippen molar-refractivity contribution in [3.8, 4) is 0 Å². The Balaban J connectivity index is 1.86. The van der Waals surface area contributed by atoms with Crippen molar-refractivity contribution in [1.82, 2.24) is 0 Å². The van der Waals surface area contributed by atoms with Gasteiger partial charge >= 0.3 is 0 Å². The molecule has 3 rings (SSSR count). The third-order valence-corrected chi connectivity index (χ3v) is 6.54. The minimum absolute atomic E-state index is 0.201. The van der Waals surface area contributed by atoms with E-state index in [0.717, 1.165) is 11.6 Å². The van der Waals surface area contributed by atoms with Gasteiger partial charge in [-0.05, 0) is 49.0 Å². The molecule has 2 aliphatic rings. The molecule has 21 heavy (non-hydrogen) atoms. The molecule has 0 spiro atoms. The first kappa shape index (κ1) is 14.4. The second-order valence-electron chi connectivity index (χ2n) is 7.57. The van der Waals surface area contributed by atoms with E-state index < -0.39 is 0 Å². The molecule has 0 amide bonds. The average Bonchev–Trinajstić information content (AvgIpc) is 2.74. The van der Waals surface area contributed by atoms with Crippen molar-refractivity contribution in [3.05, 3.63) is 33.9 Å². The fourth-order valence-corrected chi connectivity index (χ4v) is 4.52. The summed E-state index contributed by atoms with van der Waals surface area (Å²) in [5.41, 5.74) is 2.41. The van der Waals surface area contributed by atoms with Gasteiger partial charge in [0.15, 0.2) is 0 Å². The van der Waals surface area contributed by atoms with Gasteiger partial charge in [0, 0.05) is 23.4 Å². The number of hydrogen-bond donors (Lipinski definition) is 1. The first-order chi connectivity index (χ1) is 9.75. The van der Waals surface area contributed by atoms with Crippen LogP contribution in [-0.2, 0) is 0 Å². The second kappa shape index (κ2) is 4.46. The van der Waals surface area contributed by atoms with E-state index in [1.54, 1.807) is 13.0 Å². The molecule has 4 heteroatoms. The monoisotopic (exact) mass is 288 g/mol. The Morgan fingerprint density at radius 2 is 2.05 bits per heavy atom. The number of nitro groups is 1. The molecule has 0 aliphatic heterocycles. The number of nitrogens with zero attached hydrogens (tertiary/aromatic N) is 1. The summed E-state index contributed by atoms with van der Waals surface area (Å²) in [5, 5.41) is 14.7.